The van der Waals surface area contributed by atoms with Gasteiger partial charge in [0.05, 0.1) is 13.1 Å². The lowest BCUT2D eigenvalue weighted by Crippen LogP contribution is -2.67. The first kappa shape index (κ1) is 21.9. The van der Waals surface area contributed by atoms with E-state index in [1.54, 1.807) is 0 Å². The van der Waals surface area contributed by atoms with Crippen LogP contribution >= 0.6 is 0 Å². The second-order valence-electron chi connectivity index (χ2n) is 9.97. The molecule has 4 heterocycles. The highest BCUT2D eigenvalue weighted by Gasteiger charge is 2.55. The van der Waals surface area contributed by atoms with E-state index in [9.17, 15) is 9.59 Å². The first-order valence-corrected chi connectivity index (χ1v) is 12.2. The molecule has 178 valence electrons. The largest absolute Gasteiger partial charge is 0.455 e. The zero-order chi connectivity index (χ0) is 24.0. The molecule has 2 bridgehead atoms. The highest BCUT2D eigenvalue weighted by molar-refractivity contribution is 5.84. The van der Waals surface area contributed by atoms with Gasteiger partial charge in [-0.3, -0.25) is 9.59 Å². The van der Waals surface area contributed by atoms with Crippen LogP contribution in [0.4, 0.5) is 0 Å². The number of piperidine rings is 3. The molecule has 2 N–H and O–H groups in total. The van der Waals surface area contributed by atoms with Crippen LogP contribution in [0.3, 0.4) is 0 Å². The average Bonchev–Trinajstić information content (AvgIpc) is 2.88. The van der Waals surface area contributed by atoms with Gasteiger partial charge in [-0.1, -0.05) is 48.5 Å². The molecule has 0 saturated carbocycles. The Morgan fingerprint density at radius 1 is 0.943 bits per heavy atom. The molecule has 4 aliphatic rings. The summed E-state index contributed by atoms with van der Waals surface area (Å²) in [7, 11) is 0. The Bertz CT molecular complexity index is 1230. The van der Waals surface area contributed by atoms with Crippen LogP contribution in [-0.4, -0.2) is 57.0 Å². The summed E-state index contributed by atoms with van der Waals surface area (Å²) < 4.78 is 6.73. The van der Waals surface area contributed by atoms with E-state index in [0.717, 1.165) is 54.6 Å². The van der Waals surface area contributed by atoms with E-state index in [0.29, 0.717) is 16.9 Å². The summed E-state index contributed by atoms with van der Waals surface area (Å²) in [5, 5.41) is 0. The van der Waals surface area contributed by atoms with E-state index < -0.39 is 17.9 Å². The lowest BCUT2D eigenvalue weighted by atomic mass is 9.78. The van der Waals surface area contributed by atoms with Crippen molar-refractivity contribution in [1.82, 2.24) is 15.0 Å². The molecular weight excluding hydrogens is 442 g/mol. The molecular formula is C27H28N5O3+. The molecule has 3 fully saturated rings. The molecule has 2 aromatic carbocycles. The Hall–Kier alpha value is -3.65. The first-order valence-electron chi connectivity index (χ1n) is 12.2. The highest BCUT2D eigenvalue weighted by Crippen LogP contribution is 2.43. The van der Waals surface area contributed by atoms with Gasteiger partial charge >= 0.3 is 5.97 Å². The highest BCUT2D eigenvalue weighted by atomic mass is 16.5. The van der Waals surface area contributed by atoms with Gasteiger partial charge in [0.1, 0.15) is 25.1 Å². The third-order valence-corrected chi connectivity index (χ3v) is 8.15. The molecule has 8 heteroatoms. The molecule has 0 radical (unpaired) electrons. The zero-order valence-corrected chi connectivity index (χ0v) is 19.4. The summed E-state index contributed by atoms with van der Waals surface area (Å²) in [6.45, 7) is 2.10. The van der Waals surface area contributed by atoms with Crippen LogP contribution in [0.1, 0.15) is 52.9 Å². The Morgan fingerprint density at radius 2 is 1.54 bits per heavy atom. The maximum atomic E-state index is 13.8. The second-order valence-corrected chi connectivity index (χ2v) is 9.97. The van der Waals surface area contributed by atoms with Crippen molar-refractivity contribution in [1.29, 1.82) is 0 Å². The fourth-order valence-corrected chi connectivity index (χ4v) is 6.49. The van der Waals surface area contributed by atoms with Gasteiger partial charge < -0.3 is 15.0 Å². The number of aromatic nitrogens is 3. The maximum absolute atomic E-state index is 13.8. The molecule has 7 rings (SSSR count). The number of nitrogens with zero attached hydrogens (tertiary/aromatic N) is 4. The molecule has 3 aromatic rings. The minimum atomic E-state index is -0.684. The zero-order valence-electron chi connectivity index (χ0n) is 19.4. The number of esters is 1. The average molecular weight is 471 g/mol. The van der Waals surface area contributed by atoms with Crippen molar-refractivity contribution in [2.24, 2.45) is 11.7 Å². The van der Waals surface area contributed by atoms with Crippen molar-refractivity contribution in [3.8, 4) is 0 Å². The fraction of sp³-hybridized carbons (Fsp3) is 0.370. The first-order chi connectivity index (χ1) is 17.1. The van der Waals surface area contributed by atoms with Crippen molar-refractivity contribution in [3.63, 3.8) is 0 Å². The van der Waals surface area contributed by atoms with Crippen LogP contribution in [0.15, 0.2) is 61.2 Å². The number of quaternary nitrogens is 1. The van der Waals surface area contributed by atoms with Gasteiger partial charge in [-0.25, -0.2) is 15.0 Å². The van der Waals surface area contributed by atoms with Gasteiger partial charge in [0.2, 0.25) is 6.04 Å². The number of carbonyl (C=O) groups is 2. The summed E-state index contributed by atoms with van der Waals surface area (Å²) in [5.41, 5.74) is 10.2. The van der Waals surface area contributed by atoms with Crippen LogP contribution in [0.25, 0.3) is 0 Å². The van der Waals surface area contributed by atoms with Crippen LogP contribution in [0, 0.1) is 5.92 Å². The second kappa shape index (κ2) is 8.53. The van der Waals surface area contributed by atoms with Crippen molar-refractivity contribution < 1.29 is 18.8 Å². The Balaban J connectivity index is 1.30. The van der Waals surface area contributed by atoms with Gasteiger partial charge in [0.15, 0.2) is 11.9 Å². The van der Waals surface area contributed by atoms with Gasteiger partial charge in [-0.15, -0.1) is 0 Å². The van der Waals surface area contributed by atoms with Crippen molar-refractivity contribution in [3.05, 3.63) is 89.3 Å². The van der Waals surface area contributed by atoms with Crippen LogP contribution in [0.5, 0.6) is 0 Å². The van der Waals surface area contributed by atoms with Gasteiger partial charge in [0, 0.05) is 18.8 Å². The number of nitrogens with two attached hydrogens (primary N) is 1. The van der Waals surface area contributed by atoms with Crippen LogP contribution in [-0.2, 0) is 20.7 Å². The van der Waals surface area contributed by atoms with E-state index in [2.05, 4.69) is 27.1 Å². The summed E-state index contributed by atoms with van der Waals surface area (Å²) in [4.78, 5) is 38.8. The molecule has 1 aliphatic carbocycles. The number of ether oxygens (including phenoxy) is 1. The molecule has 8 nitrogen and oxygen atoms in total. The standard InChI is InChI=1S/C27H27N5O3/c28-25(33)24(26-30-15-29-16-31-26)32-11-9-17(10-12-32)22(14-32)35-27(34)23-20-7-3-1-5-18(20)13-19-6-2-4-8-21(19)23/h1-8,15-17,22-24H,9-14H2,(H-,28,33)/p+1/t17?,22-,24?,32?/m0/s1. The monoisotopic (exact) mass is 470 g/mol. The lowest BCUT2D eigenvalue weighted by molar-refractivity contribution is -0.965. The number of hydrogen-bond donors (Lipinski definition) is 1. The quantitative estimate of drug-likeness (QED) is 0.453. The number of fused-ring (bicyclic) bond motifs is 5. The van der Waals surface area contributed by atoms with Gasteiger partial charge in [-0.05, 0) is 28.7 Å². The van der Waals surface area contributed by atoms with Crippen molar-refractivity contribution in [2.45, 2.75) is 37.3 Å². The lowest BCUT2D eigenvalue weighted by Gasteiger charge is -2.54. The SMILES string of the molecule is NC(=O)C(c1ncncn1)[N+]12CCC(CC1)[C@@H](OC(=O)C1c3ccccc3Cc3ccccc31)C2. The summed E-state index contributed by atoms with van der Waals surface area (Å²) in [6, 6.07) is 15.6. The topological polar surface area (TPSA) is 108 Å². The number of benzene rings is 2. The van der Waals surface area contributed by atoms with Crippen molar-refractivity contribution in [2.75, 3.05) is 19.6 Å². The third-order valence-electron chi connectivity index (χ3n) is 8.15. The van der Waals surface area contributed by atoms with E-state index in [1.807, 2.05) is 36.4 Å². The fourth-order valence-electron chi connectivity index (χ4n) is 6.49. The molecule has 0 spiro atoms. The smallest absolute Gasteiger partial charge is 0.318 e. The normalized spacial score (nSPS) is 25.8. The van der Waals surface area contributed by atoms with Gasteiger partial charge in [0.25, 0.3) is 5.91 Å². The Kier molecular flexibility index (Phi) is 5.33. The molecule has 2 atom stereocenters. The number of carbonyl (C=O) groups excluding carboxylic acids is 2. The maximum Gasteiger partial charge on any atom is 0.318 e. The predicted octanol–water partition coefficient (Wildman–Crippen LogP) is 2.29. The Labute approximate surface area is 203 Å². The summed E-state index contributed by atoms with van der Waals surface area (Å²) in [6.07, 6.45) is 5.05. The summed E-state index contributed by atoms with van der Waals surface area (Å²) >= 11 is 0. The third kappa shape index (κ3) is 3.69. The Morgan fingerprint density at radius 3 is 2.14 bits per heavy atom. The minimum Gasteiger partial charge on any atom is -0.455 e. The van der Waals surface area contributed by atoms with E-state index in [-0.39, 0.29) is 18.0 Å². The number of hydrogen-bond acceptors (Lipinski definition) is 6. The van der Waals surface area contributed by atoms with Crippen molar-refractivity contribution >= 4 is 11.9 Å². The minimum absolute atomic E-state index is 0.225. The van der Waals surface area contributed by atoms with Crippen LogP contribution in [0.2, 0.25) is 0 Å². The molecule has 3 aliphatic heterocycles. The van der Waals surface area contributed by atoms with E-state index in [4.69, 9.17) is 10.5 Å². The van der Waals surface area contributed by atoms with Gasteiger partial charge in [-0.2, -0.15) is 0 Å². The predicted molar refractivity (Wildman–Crippen MR) is 127 cm³/mol. The van der Waals surface area contributed by atoms with E-state index in [1.165, 1.54) is 12.7 Å². The number of rotatable bonds is 5. The molecule has 1 amide bonds. The molecule has 35 heavy (non-hydrogen) atoms. The number of amides is 1. The molecule has 1 unspecified atom stereocenters. The number of primary amides is 1. The van der Waals surface area contributed by atoms with E-state index >= 15 is 0 Å². The van der Waals surface area contributed by atoms with Crippen LogP contribution < -0.4 is 5.73 Å². The molecule has 1 aromatic heterocycles. The summed E-state index contributed by atoms with van der Waals surface area (Å²) in [5.74, 6) is -0.474. The molecule has 3 saturated heterocycles.